The number of likely N-dealkylation sites (tertiary alicyclic amines) is 1. The van der Waals surface area contributed by atoms with Gasteiger partial charge in [0.05, 0.1) is 12.2 Å². The number of thioether (sulfide) groups is 1. The normalized spacial score (nSPS) is 18.0. The Bertz CT molecular complexity index is 740. The van der Waals surface area contributed by atoms with Gasteiger partial charge in [0.1, 0.15) is 17.4 Å². The molecule has 1 N–H and O–H groups in total. The highest BCUT2D eigenvalue weighted by atomic mass is 32.2. The van der Waals surface area contributed by atoms with Crippen LogP contribution in [0.4, 0.5) is 13.2 Å². The van der Waals surface area contributed by atoms with Crippen molar-refractivity contribution in [2.45, 2.75) is 29.5 Å². The molecule has 0 amide bonds. The van der Waals surface area contributed by atoms with Gasteiger partial charge in [-0.1, -0.05) is 12.1 Å². The van der Waals surface area contributed by atoms with E-state index < -0.39 is 11.7 Å². The van der Waals surface area contributed by atoms with Crippen LogP contribution in [-0.4, -0.2) is 46.5 Å². The number of ether oxygens (including phenoxy) is 1. The molecular formula is C19H21F3N2O2S. The average molecular weight is 398 g/mol. The molecule has 0 bridgehead atoms. The molecule has 146 valence electrons. The largest absolute Gasteiger partial charge is 0.492 e. The van der Waals surface area contributed by atoms with Crippen molar-refractivity contribution in [1.29, 1.82) is 0 Å². The van der Waals surface area contributed by atoms with Crippen molar-refractivity contribution in [3.8, 4) is 5.75 Å². The number of hydrogen-bond acceptors (Lipinski definition) is 5. The summed E-state index contributed by atoms with van der Waals surface area (Å²) in [6.45, 7) is 2.77. The maximum absolute atomic E-state index is 13.1. The van der Waals surface area contributed by atoms with Gasteiger partial charge in [-0.2, -0.15) is 13.2 Å². The lowest BCUT2D eigenvalue weighted by atomic mass is 10.2. The van der Waals surface area contributed by atoms with Crippen molar-refractivity contribution >= 4 is 11.8 Å². The van der Waals surface area contributed by atoms with Gasteiger partial charge in [-0.25, -0.2) is 4.98 Å². The summed E-state index contributed by atoms with van der Waals surface area (Å²) in [5.41, 5.74) is 0.164. The monoisotopic (exact) mass is 398 g/mol. The van der Waals surface area contributed by atoms with Crippen molar-refractivity contribution in [2.75, 3.05) is 26.2 Å². The van der Waals surface area contributed by atoms with E-state index in [0.29, 0.717) is 19.7 Å². The molecule has 1 aliphatic heterocycles. The van der Waals surface area contributed by atoms with Gasteiger partial charge in [0.2, 0.25) is 0 Å². The number of aliphatic hydroxyl groups is 1. The summed E-state index contributed by atoms with van der Waals surface area (Å²) in [6, 6.07) is 9.64. The van der Waals surface area contributed by atoms with E-state index in [1.54, 1.807) is 0 Å². The number of halogens is 3. The van der Waals surface area contributed by atoms with Crippen molar-refractivity contribution in [2.24, 2.45) is 0 Å². The van der Waals surface area contributed by atoms with E-state index in [2.05, 4.69) is 9.88 Å². The number of pyridine rings is 1. The Labute approximate surface area is 160 Å². The summed E-state index contributed by atoms with van der Waals surface area (Å²) >= 11 is 1.21. The molecule has 8 heteroatoms. The van der Waals surface area contributed by atoms with Crippen LogP contribution in [0.15, 0.2) is 47.6 Å². The summed E-state index contributed by atoms with van der Waals surface area (Å²) in [7, 11) is 0. The quantitative estimate of drug-likeness (QED) is 0.768. The fourth-order valence-electron chi connectivity index (χ4n) is 2.94. The van der Waals surface area contributed by atoms with Crippen LogP contribution in [-0.2, 0) is 12.8 Å². The molecule has 0 unspecified atom stereocenters. The molecule has 0 radical (unpaired) electrons. The Kier molecular flexibility index (Phi) is 6.62. The number of aromatic nitrogens is 1. The van der Waals surface area contributed by atoms with E-state index >= 15 is 0 Å². The minimum atomic E-state index is -4.38. The molecule has 1 aliphatic rings. The summed E-state index contributed by atoms with van der Waals surface area (Å²) in [5.74, 6) is 0.737. The number of alkyl halides is 3. The maximum atomic E-state index is 13.1. The molecule has 1 fully saturated rings. The smallest absolute Gasteiger partial charge is 0.419 e. The van der Waals surface area contributed by atoms with E-state index in [0.717, 1.165) is 30.3 Å². The molecule has 0 saturated carbocycles. The SMILES string of the molecule is OCc1ccc(OCCN2CC[C@H](Sc3ncccc3C(F)(F)F)C2)cc1. The third-order valence-corrected chi connectivity index (χ3v) is 5.63. The van der Waals surface area contributed by atoms with E-state index in [-0.39, 0.29) is 16.9 Å². The van der Waals surface area contributed by atoms with E-state index in [1.807, 2.05) is 24.3 Å². The highest BCUT2D eigenvalue weighted by Crippen LogP contribution is 2.38. The van der Waals surface area contributed by atoms with Gasteiger partial charge in [-0.15, -0.1) is 11.8 Å². The molecule has 1 saturated heterocycles. The zero-order chi connectivity index (χ0) is 19.3. The molecule has 4 nitrogen and oxygen atoms in total. The summed E-state index contributed by atoms with van der Waals surface area (Å²) in [4.78, 5) is 6.12. The zero-order valence-corrected chi connectivity index (χ0v) is 15.5. The van der Waals surface area contributed by atoms with Crippen LogP contribution in [0, 0.1) is 0 Å². The fraction of sp³-hybridized carbons (Fsp3) is 0.421. The van der Waals surface area contributed by atoms with E-state index in [1.165, 1.54) is 24.0 Å². The van der Waals surface area contributed by atoms with Gasteiger partial charge in [-0.05, 0) is 42.8 Å². The number of benzene rings is 1. The Balaban J connectivity index is 1.46. The second-order valence-electron chi connectivity index (χ2n) is 6.33. The van der Waals surface area contributed by atoms with Crippen LogP contribution in [0.2, 0.25) is 0 Å². The number of hydrogen-bond donors (Lipinski definition) is 1. The molecule has 0 spiro atoms. The molecule has 1 aromatic heterocycles. The van der Waals surface area contributed by atoms with Crippen molar-refractivity contribution < 1.29 is 23.0 Å². The summed E-state index contributed by atoms with van der Waals surface area (Å²) in [5, 5.41) is 9.16. The summed E-state index contributed by atoms with van der Waals surface area (Å²) < 4.78 is 44.9. The van der Waals surface area contributed by atoms with E-state index in [9.17, 15) is 13.2 Å². The topological polar surface area (TPSA) is 45.6 Å². The highest BCUT2D eigenvalue weighted by Gasteiger charge is 2.35. The minimum Gasteiger partial charge on any atom is -0.492 e. The minimum absolute atomic E-state index is 0.000558. The Morgan fingerprint density at radius 3 is 2.70 bits per heavy atom. The molecule has 2 aromatic rings. The first-order valence-electron chi connectivity index (χ1n) is 8.69. The van der Waals surface area contributed by atoms with Crippen LogP contribution in [0.25, 0.3) is 0 Å². The van der Waals surface area contributed by atoms with Crippen molar-refractivity contribution in [3.63, 3.8) is 0 Å². The van der Waals surface area contributed by atoms with Crippen LogP contribution in [0.3, 0.4) is 0 Å². The summed E-state index contributed by atoms with van der Waals surface area (Å²) in [6.07, 6.45) is -2.15. The second-order valence-corrected chi connectivity index (χ2v) is 7.62. The number of nitrogens with zero attached hydrogens (tertiary/aromatic N) is 2. The van der Waals surface area contributed by atoms with Crippen LogP contribution in [0.1, 0.15) is 17.5 Å². The highest BCUT2D eigenvalue weighted by molar-refractivity contribution is 8.00. The molecule has 1 aromatic carbocycles. The average Bonchev–Trinajstić information content (AvgIpc) is 3.09. The van der Waals surface area contributed by atoms with E-state index in [4.69, 9.17) is 9.84 Å². The Hall–Kier alpha value is -1.77. The van der Waals surface area contributed by atoms with Gasteiger partial charge >= 0.3 is 6.18 Å². The number of rotatable bonds is 7. The molecule has 1 atom stereocenters. The van der Waals surface area contributed by atoms with Crippen molar-refractivity contribution in [1.82, 2.24) is 9.88 Å². The first kappa shape index (κ1) is 20.0. The third kappa shape index (κ3) is 5.60. The van der Waals surface area contributed by atoms with Crippen LogP contribution >= 0.6 is 11.8 Å². The van der Waals surface area contributed by atoms with Crippen LogP contribution < -0.4 is 4.74 Å². The first-order valence-corrected chi connectivity index (χ1v) is 9.57. The van der Waals surface area contributed by atoms with Gasteiger partial charge in [0.25, 0.3) is 0 Å². The lowest BCUT2D eigenvalue weighted by Gasteiger charge is -2.17. The molecule has 27 heavy (non-hydrogen) atoms. The van der Waals surface area contributed by atoms with Gasteiger partial charge in [0.15, 0.2) is 0 Å². The third-order valence-electron chi connectivity index (χ3n) is 4.37. The van der Waals surface area contributed by atoms with Crippen molar-refractivity contribution in [3.05, 3.63) is 53.7 Å². The fourth-order valence-corrected chi connectivity index (χ4v) is 4.20. The predicted molar refractivity (Wildman–Crippen MR) is 97.8 cm³/mol. The van der Waals surface area contributed by atoms with Gasteiger partial charge in [-0.3, -0.25) is 4.90 Å². The second kappa shape index (κ2) is 8.95. The molecule has 3 rings (SSSR count). The van der Waals surface area contributed by atoms with Gasteiger partial charge < -0.3 is 9.84 Å². The Morgan fingerprint density at radius 1 is 1.22 bits per heavy atom. The van der Waals surface area contributed by atoms with Crippen LogP contribution in [0.5, 0.6) is 5.75 Å². The standard InChI is InChI=1S/C19H21F3N2O2S/c20-19(21,22)17-2-1-8-23-18(17)27-16-7-9-24(12-16)10-11-26-15-5-3-14(13-25)4-6-15/h1-6,8,16,25H,7,9-13H2/t16-/m0/s1. The molecule has 2 heterocycles. The number of aliphatic hydroxyl groups excluding tert-OH is 1. The Morgan fingerprint density at radius 2 is 2.00 bits per heavy atom. The van der Waals surface area contributed by atoms with Gasteiger partial charge in [0, 0.05) is 24.5 Å². The lowest BCUT2D eigenvalue weighted by molar-refractivity contribution is -0.140. The first-order chi connectivity index (χ1) is 13.0. The lowest BCUT2D eigenvalue weighted by Crippen LogP contribution is -2.26. The molecule has 0 aliphatic carbocycles. The predicted octanol–water partition coefficient (Wildman–Crippen LogP) is 3.84. The molecular weight excluding hydrogens is 377 g/mol. The zero-order valence-electron chi connectivity index (χ0n) is 14.7. The maximum Gasteiger partial charge on any atom is 0.419 e.